The number of pyridine rings is 1. The van der Waals surface area contributed by atoms with Gasteiger partial charge >= 0.3 is 0 Å². The fourth-order valence-electron chi connectivity index (χ4n) is 3.79. The van der Waals surface area contributed by atoms with Crippen molar-refractivity contribution in [3.63, 3.8) is 0 Å². The van der Waals surface area contributed by atoms with Crippen LogP contribution in [-0.2, 0) is 19.3 Å². The lowest BCUT2D eigenvalue weighted by atomic mass is 9.82. The average molecular weight is 434 g/mol. The Balaban J connectivity index is 0.000000199. The Hall–Kier alpha value is -1.57. The molecule has 1 atom stereocenters. The molecule has 0 aliphatic heterocycles. The van der Waals surface area contributed by atoms with E-state index in [1.165, 1.54) is 47.1 Å². The van der Waals surface area contributed by atoms with E-state index in [9.17, 15) is 0 Å². The average Bonchev–Trinajstić information content (AvgIpc) is 3.37. The van der Waals surface area contributed by atoms with Gasteiger partial charge in [-0.2, -0.15) is 0 Å². The molecular formula is C22H35N5S2. The zero-order valence-electron chi connectivity index (χ0n) is 18.3. The van der Waals surface area contributed by atoms with Gasteiger partial charge in [0.25, 0.3) is 0 Å². The molecule has 0 saturated carbocycles. The Labute approximate surface area is 183 Å². The first-order valence-corrected chi connectivity index (χ1v) is 11.8. The molecule has 0 saturated heterocycles. The van der Waals surface area contributed by atoms with Gasteiger partial charge in [-0.15, -0.1) is 11.3 Å². The maximum Gasteiger partial charge on any atom is 0.0962 e. The molecular weight excluding hydrogens is 398 g/mol. The van der Waals surface area contributed by atoms with Crippen molar-refractivity contribution in [1.29, 1.82) is 0 Å². The summed E-state index contributed by atoms with van der Waals surface area (Å²) in [6.07, 6.45) is 7.66. The number of hydrogen-bond donors (Lipinski definition) is 3. The quantitative estimate of drug-likeness (QED) is 0.565. The van der Waals surface area contributed by atoms with Crippen LogP contribution in [0.3, 0.4) is 0 Å². The summed E-state index contributed by atoms with van der Waals surface area (Å²) in [5.74, 6) is 1.06. The number of hydrogen-bond acceptors (Lipinski definition) is 7. The van der Waals surface area contributed by atoms with Crippen LogP contribution in [-0.4, -0.2) is 9.97 Å². The van der Waals surface area contributed by atoms with Crippen LogP contribution in [0.4, 0.5) is 5.69 Å². The van der Waals surface area contributed by atoms with Crippen LogP contribution >= 0.6 is 23.3 Å². The first kappa shape index (κ1) is 23.7. The van der Waals surface area contributed by atoms with Crippen LogP contribution in [0.2, 0.25) is 0 Å². The van der Waals surface area contributed by atoms with E-state index in [2.05, 4.69) is 51.9 Å². The molecule has 7 heteroatoms. The fourth-order valence-corrected chi connectivity index (χ4v) is 5.01. The molecule has 0 amide bonds. The SMILES string of the molecule is C=CN.CC(C)c1ncc(SN)s1.CC1c2nc3c(c(N)c2CC1(C)C)CCC3. The van der Waals surface area contributed by atoms with E-state index in [-0.39, 0.29) is 0 Å². The topological polar surface area (TPSA) is 104 Å². The molecule has 2 aromatic rings. The second kappa shape index (κ2) is 9.96. The van der Waals surface area contributed by atoms with Gasteiger partial charge in [-0.05, 0) is 60.4 Å². The van der Waals surface area contributed by atoms with Gasteiger partial charge in [0.15, 0.2) is 0 Å². The highest BCUT2D eigenvalue weighted by Crippen LogP contribution is 2.49. The minimum Gasteiger partial charge on any atom is -0.405 e. The number of fused-ring (bicyclic) bond motifs is 2. The third kappa shape index (κ3) is 5.32. The minimum absolute atomic E-state index is 0.318. The van der Waals surface area contributed by atoms with Crippen molar-refractivity contribution in [2.24, 2.45) is 16.3 Å². The van der Waals surface area contributed by atoms with Crippen molar-refractivity contribution in [2.75, 3.05) is 5.73 Å². The van der Waals surface area contributed by atoms with Crippen LogP contribution in [0.5, 0.6) is 0 Å². The molecule has 0 radical (unpaired) electrons. The zero-order chi connectivity index (χ0) is 21.8. The van der Waals surface area contributed by atoms with Gasteiger partial charge in [-0.3, -0.25) is 10.1 Å². The first-order chi connectivity index (χ1) is 13.7. The lowest BCUT2D eigenvalue weighted by Crippen LogP contribution is -2.15. The largest absolute Gasteiger partial charge is 0.405 e. The van der Waals surface area contributed by atoms with E-state index in [4.69, 9.17) is 15.9 Å². The van der Waals surface area contributed by atoms with Crippen LogP contribution in [0, 0.1) is 5.41 Å². The van der Waals surface area contributed by atoms with E-state index in [0.717, 1.165) is 34.2 Å². The molecule has 0 spiro atoms. The van der Waals surface area contributed by atoms with E-state index in [1.807, 2.05) is 6.20 Å². The number of nitrogens with two attached hydrogens (primary N) is 3. The molecule has 0 aromatic carbocycles. The summed E-state index contributed by atoms with van der Waals surface area (Å²) in [6.45, 7) is 14.3. The molecule has 6 N–H and O–H groups in total. The Bertz CT molecular complexity index is 842. The lowest BCUT2D eigenvalue weighted by Gasteiger charge is -2.22. The Morgan fingerprint density at radius 1 is 1.31 bits per heavy atom. The van der Waals surface area contributed by atoms with E-state index in [1.54, 1.807) is 11.3 Å². The van der Waals surface area contributed by atoms with Crippen molar-refractivity contribution in [2.45, 2.75) is 76.3 Å². The zero-order valence-corrected chi connectivity index (χ0v) is 19.9. The monoisotopic (exact) mass is 433 g/mol. The summed E-state index contributed by atoms with van der Waals surface area (Å²) in [5, 5.41) is 6.51. The number of anilines is 1. The summed E-state index contributed by atoms with van der Waals surface area (Å²) in [6, 6.07) is 0. The number of aromatic nitrogens is 2. The van der Waals surface area contributed by atoms with Crippen LogP contribution in [0.1, 0.15) is 80.4 Å². The third-order valence-corrected chi connectivity index (χ3v) is 7.70. The maximum absolute atomic E-state index is 6.33. The van der Waals surface area contributed by atoms with E-state index >= 15 is 0 Å². The number of nitrogen functional groups attached to an aromatic ring is 1. The van der Waals surface area contributed by atoms with Crippen molar-refractivity contribution >= 4 is 29.0 Å². The molecule has 5 nitrogen and oxygen atoms in total. The van der Waals surface area contributed by atoms with Gasteiger partial charge in [0, 0.05) is 28.9 Å². The number of aryl methyl sites for hydroxylation is 1. The predicted octanol–water partition coefficient (Wildman–Crippen LogP) is 5.16. The first-order valence-electron chi connectivity index (χ1n) is 10.1. The summed E-state index contributed by atoms with van der Waals surface area (Å²) < 4.78 is 1.09. The Kier molecular flexibility index (Phi) is 8.14. The molecule has 4 rings (SSSR count). The maximum atomic E-state index is 6.33. The second-order valence-corrected chi connectivity index (χ2v) is 10.6. The second-order valence-electron chi connectivity index (χ2n) is 8.58. The Morgan fingerprint density at radius 3 is 2.48 bits per heavy atom. The molecule has 29 heavy (non-hydrogen) atoms. The molecule has 2 heterocycles. The number of rotatable bonds is 2. The van der Waals surface area contributed by atoms with E-state index in [0.29, 0.717) is 17.3 Å². The number of thiazole rings is 1. The Morgan fingerprint density at radius 2 is 1.97 bits per heavy atom. The highest BCUT2D eigenvalue weighted by molar-refractivity contribution is 7.99. The summed E-state index contributed by atoms with van der Waals surface area (Å²) in [4.78, 5) is 9.10. The summed E-state index contributed by atoms with van der Waals surface area (Å²) >= 11 is 2.93. The van der Waals surface area contributed by atoms with Crippen LogP contribution in [0.25, 0.3) is 0 Å². The smallest absolute Gasteiger partial charge is 0.0962 e. The molecule has 2 aliphatic carbocycles. The van der Waals surface area contributed by atoms with E-state index < -0.39 is 0 Å². The van der Waals surface area contributed by atoms with Crippen LogP contribution in [0.15, 0.2) is 23.2 Å². The van der Waals surface area contributed by atoms with Gasteiger partial charge in [0.2, 0.25) is 0 Å². The summed E-state index contributed by atoms with van der Waals surface area (Å²) in [5.41, 5.74) is 17.6. The molecule has 2 aromatic heterocycles. The van der Waals surface area contributed by atoms with Crippen molar-refractivity contribution < 1.29 is 0 Å². The minimum atomic E-state index is 0.318. The molecule has 1 unspecified atom stereocenters. The standard InChI is InChI=1S/C14H20N2.C6H10N2S2.C2H5N/c1-8-13-10(7-14(8,2)3)12(15)9-5-4-6-11(9)16-13;1-4(2)6-8-3-5(9-6)10-7;1-2-3/h8H,4-7H2,1-3H3,(H2,15,16);3-4H,7H2,1-2H3;2H,1,3H2. The van der Waals surface area contributed by atoms with Crippen molar-refractivity contribution in [3.8, 4) is 0 Å². The van der Waals surface area contributed by atoms with Gasteiger partial charge in [-0.25, -0.2) is 4.98 Å². The molecule has 160 valence electrons. The fraction of sp³-hybridized carbons (Fsp3) is 0.545. The van der Waals surface area contributed by atoms with Gasteiger partial charge in [-0.1, -0.05) is 41.2 Å². The highest BCUT2D eigenvalue weighted by Gasteiger charge is 2.39. The van der Waals surface area contributed by atoms with Gasteiger partial charge < -0.3 is 11.5 Å². The molecule has 0 fully saturated rings. The number of nitrogens with zero attached hydrogens (tertiary/aromatic N) is 2. The normalized spacial score (nSPS) is 18.2. The summed E-state index contributed by atoms with van der Waals surface area (Å²) in [7, 11) is 0. The lowest BCUT2D eigenvalue weighted by molar-refractivity contribution is 0.327. The predicted molar refractivity (Wildman–Crippen MR) is 127 cm³/mol. The van der Waals surface area contributed by atoms with Gasteiger partial charge in [0.05, 0.1) is 15.4 Å². The van der Waals surface area contributed by atoms with Gasteiger partial charge in [0.1, 0.15) is 0 Å². The van der Waals surface area contributed by atoms with Crippen molar-refractivity contribution in [3.05, 3.63) is 46.5 Å². The molecule has 0 bridgehead atoms. The molecule has 2 aliphatic rings. The third-order valence-electron chi connectivity index (χ3n) is 5.73. The van der Waals surface area contributed by atoms with Crippen LogP contribution < -0.4 is 16.6 Å². The highest BCUT2D eigenvalue weighted by atomic mass is 32.2. The van der Waals surface area contributed by atoms with Crippen molar-refractivity contribution in [1.82, 2.24) is 9.97 Å².